The van der Waals surface area contributed by atoms with Gasteiger partial charge in [0.2, 0.25) is 0 Å². The molecular formula is C3HF6. The van der Waals surface area contributed by atoms with Crippen LogP contribution in [0.4, 0.5) is 26.3 Å². The molecule has 9 heavy (non-hydrogen) atoms. The molecule has 0 aliphatic heterocycles. The van der Waals surface area contributed by atoms with Gasteiger partial charge in [0, 0.05) is 0 Å². The van der Waals surface area contributed by atoms with Gasteiger partial charge in [-0.25, -0.2) is 8.78 Å². The summed E-state index contributed by atoms with van der Waals surface area (Å²) in [5, 5.41) is 0. The van der Waals surface area contributed by atoms with Crippen LogP contribution >= 0.6 is 0 Å². The fraction of sp³-hybridized carbons (Fsp3) is 0.667. The Labute approximate surface area is 46.5 Å². The van der Waals surface area contributed by atoms with Gasteiger partial charge in [0.15, 0.2) is 0 Å². The van der Waals surface area contributed by atoms with Crippen molar-refractivity contribution in [3.63, 3.8) is 0 Å². The molecular weight excluding hydrogens is 150 g/mol. The lowest BCUT2D eigenvalue weighted by molar-refractivity contribution is -0.158. The van der Waals surface area contributed by atoms with Gasteiger partial charge >= 0.3 is 18.8 Å². The third kappa shape index (κ3) is 1.76. The highest BCUT2D eigenvalue weighted by atomic mass is 19.3. The van der Waals surface area contributed by atoms with Crippen LogP contribution in [0.3, 0.4) is 0 Å². The smallest absolute Gasteiger partial charge is 0.203 e. The first-order valence-electron chi connectivity index (χ1n) is 1.73. The van der Waals surface area contributed by atoms with E-state index in [9.17, 15) is 26.3 Å². The van der Waals surface area contributed by atoms with E-state index in [0.29, 0.717) is 0 Å². The minimum Gasteiger partial charge on any atom is -0.203 e. The first kappa shape index (κ1) is 8.58. The molecule has 0 aliphatic rings. The van der Waals surface area contributed by atoms with E-state index in [1.165, 1.54) is 0 Å². The second-order valence-corrected chi connectivity index (χ2v) is 1.18. The summed E-state index contributed by atoms with van der Waals surface area (Å²) < 4.78 is 65.4. The molecule has 0 aromatic carbocycles. The predicted octanol–water partition coefficient (Wildman–Crippen LogP) is 2.32. The fourth-order valence-corrected chi connectivity index (χ4v) is 0.0825. The summed E-state index contributed by atoms with van der Waals surface area (Å²) in [4.78, 5) is 0. The normalized spacial score (nSPS) is 13.3. The van der Waals surface area contributed by atoms with Crippen molar-refractivity contribution in [3.05, 3.63) is 6.43 Å². The number of hydrogen-bond donors (Lipinski definition) is 0. The van der Waals surface area contributed by atoms with Crippen LogP contribution in [0.1, 0.15) is 0 Å². The highest BCUT2D eigenvalue weighted by molar-refractivity contribution is 4.84. The molecule has 0 saturated carbocycles. The first-order chi connectivity index (χ1) is 3.89. The molecule has 0 heterocycles. The zero-order valence-electron chi connectivity index (χ0n) is 3.85. The van der Waals surface area contributed by atoms with E-state index in [1.807, 2.05) is 0 Å². The van der Waals surface area contributed by atoms with E-state index < -0.39 is 18.8 Å². The van der Waals surface area contributed by atoms with Gasteiger partial charge in [0.25, 0.3) is 0 Å². The third-order valence-corrected chi connectivity index (χ3v) is 0.526. The van der Waals surface area contributed by atoms with Crippen molar-refractivity contribution >= 4 is 0 Å². The van der Waals surface area contributed by atoms with Crippen molar-refractivity contribution in [2.75, 3.05) is 0 Å². The van der Waals surface area contributed by atoms with Gasteiger partial charge in [-0.2, -0.15) is 17.6 Å². The highest BCUT2D eigenvalue weighted by Crippen LogP contribution is 2.34. The summed E-state index contributed by atoms with van der Waals surface area (Å²) in [6.45, 7) is 0. The van der Waals surface area contributed by atoms with Crippen LogP contribution in [0.2, 0.25) is 0 Å². The Balaban J connectivity index is 4.01. The number of rotatable bonds is 2. The van der Waals surface area contributed by atoms with Gasteiger partial charge in [0.05, 0.1) is 0 Å². The van der Waals surface area contributed by atoms with Crippen LogP contribution in [0.15, 0.2) is 0 Å². The zero-order chi connectivity index (χ0) is 7.65. The van der Waals surface area contributed by atoms with Crippen molar-refractivity contribution in [2.45, 2.75) is 12.3 Å². The van der Waals surface area contributed by atoms with E-state index in [2.05, 4.69) is 0 Å². The van der Waals surface area contributed by atoms with Crippen LogP contribution in [0.25, 0.3) is 0 Å². The molecule has 0 amide bonds. The van der Waals surface area contributed by atoms with Crippen LogP contribution in [0.5, 0.6) is 0 Å². The minimum absolute atomic E-state index is 3.56. The summed E-state index contributed by atoms with van der Waals surface area (Å²) in [6, 6.07) is 0. The number of alkyl halides is 4. The molecule has 0 aromatic heterocycles. The van der Waals surface area contributed by atoms with E-state index in [1.54, 1.807) is 0 Å². The van der Waals surface area contributed by atoms with Gasteiger partial charge in [-0.05, 0) is 0 Å². The summed E-state index contributed by atoms with van der Waals surface area (Å²) >= 11 is 0. The van der Waals surface area contributed by atoms with Gasteiger partial charge in [0.1, 0.15) is 0 Å². The maximum absolute atomic E-state index is 11.1. The maximum Gasteiger partial charge on any atom is 0.384 e. The summed E-state index contributed by atoms with van der Waals surface area (Å²) in [6.07, 6.45) is -7.89. The first-order valence-corrected chi connectivity index (χ1v) is 1.73. The van der Waals surface area contributed by atoms with Crippen LogP contribution in [-0.4, -0.2) is 12.3 Å². The number of hydrogen-bond acceptors (Lipinski definition) is 0. The van der Waals surface area contributed by atoms with Crippen LogP contribution in [-0.2, 0) is 0 Å². The largest absolute Gasteiger partial charge is 0.384 e. The Bertz CT molecular complexity index is 76.3. The quantitative estimate of drug-likeness (QED) is 0.531. The van der Waals surface area contributed by atoms with Crippen molar-refractivity contribution in [1.29, 1.82) is 0 Å². The Kier molecular flexibility index (Phi) is 2.33. The molecule has 0 aliphatic carbocycles. The topological polar surface area (TPSA) is 0 Å². The average Bonchev–Trinajstić information content (AvgIpc) is 1.65. The SMILES string of the molecule is F[C](F)C(F)(F)C(F)F. The van der Waals surface area contributed by atoms with E-state index in [0.717, 1.165) is 0 Å². The van der Waals surface area contributed by atoms with Crippen LogP contribution in [0, 0.1) is 6.43 Å². The lowest BCUT2D eigenvalue weighted by Crippen LogP contribution is -2.29. The van der Waals surface area contributed by atoms with Crippen molar-refractivity contribution in [3.8, 4) is 0 Å². The molecule has 0 N–H and O–H groups in total. The molecule has 0 aromatic rings. The van der Waals surface area contributed by atoms with Crippen molar-refractivity contribution in [2.24, 2.45) is 0 Å². The fourth-order valence-electron chi connectivity index (χ4n) is 0.0825. The molecule has 0 saturated heterocycles. The standard InChI is InChI=1S/C3HF6/c4-1(5)3(8,9)2(6)7/h1H. The predicted molar refractivity (Wildman–Crippen MR) is 16.4 cm³/mol. The summed E-state index contributed by atoms with van der Waals surface area (Å²) in [7, 11) is 0. The van der Waals surface area contributed by atoms with Gasteiger partial charge < -0.3 is 0 Å². The molecule has 55 valence electrons. The molecule has 6 heteroatoms. The molecule has 0 rings (SSSR count). The zero-order valence-corrected chi connectivity index (χ0v) is 3.85. The maximum atomic E-state index is 11.1. The summed E-state index contributed by atoms with van der Waals surface area (Å²) in [5.74, 6) is -5.25. The lowest BCUT2D eigenvalue weighted by atomic mass is 10.4. The van der Waals surface area contributed by atoms with Gasteiger partial charge in [-0.1, -0.05) is 0 Å². The third-order valence-electron chi connectivity index (χ3n) is 0.526. The Hall–Kier alpha value is -0.420. The Morgan fingerprint density at radius 3 is 1.44 bits per heavy atom. The van der Waals surface area contributed by atoms with E-state index >= 15 is 0 Å². The minimum atomic E-state index is -5.25. The van der Waals surface area contributed by atoms with Crippen LogP contribution < -0.4 is 0 Å². The Morgan fingerprint density at radius 2 is 1.44 bits per heavy atom. The van der Waals surface area contributed by atoms with Gasteiger partial charge in [-0.15, -0.1) is 0 Å². The van der Waals surface area contributed by atoms with E-state index in [-0.39, 0.29) is 0 Å². The molecule has 0 atom stereocenters. The van der Waals surface area contributed by atoms with E-state index in [4.69, 9.17) is 0 Å². The average molecular weight is 151 g/mol. The molecule has 0 bridgehead atoms. The second-order valence-electron chi connectivity index (χ2n) is 1.18. The molecule has 0 unspecified atom stereocenters. The number of halogens is 6. The van der Waals surface area contributed by atoms with Crippen molar-refractivity contribution in [1.82, 2.24) is 0 Å². The van der Waals surface area contributed by atoms with Gasteiger partial charge in [-0.3, -0.25) is 0 Å². The molecule has 1 radical (unpaired) electrons. The molecule has 0 spiro atoms. The second kappa shape index (κ2) is 2.45. The molecule has 0 fully saturated rings. The Morgan fingerprint density at radius 1 is 1.11 bits per heavy atom. The van der Waals surface area contributed by atoms with Crippen molar-refractivity contribution < 1.29 is 26.3 Å². The highest BCUT2D eigenvalue weighted by Gasteiger charge is 2.52. The monoisotopic (exact) mass is 151 g/mol. The lowest BCUT2D eigenvalue weighted by Gasteiger charge is -2.10. The molecule has 0 nitrogen and oxygen atoms in total. The summed E-state index contributed by atoms with van der Waals surface area (Å²) in [5.41, 5.74) is 0.